The van der Waals surface area contributed by atoms with Crippen molar-refractivity contribution in [3.05, 3.63) is 34.9 Å². The van der Waals surface area contributed by atoms with E-state index in [0.29, 0.717) is 17.9 Å². The third-order valence-electron chi connectivity index (χ3n) is 4.46. The van der Waals surface area contributed by atoms with Gasteiger partial charge in [0.2, 0.25) is 0 Å². The fourth-order valence-electron chi connectivity index (χ4n) is 2.74. The van der Waals surface area contributed by atoms with Crippen LogP contribution in [0.5, 0.6) is 0 Å². The Balaban J connectivity index is 3.14. The third-order valence-corrected chi connectivity index (χ3v) is 4.46. The van der Waals surface area contributed by atoms with Crippen LogP contribution in [0.15, 0.2) is 18.2 Å². The molecule has 0 saturated carbocycles. The summed E-state index contributed by atoms with van der Waals surface area (Å²) in [5.41, 5.74) is 4.46. The van der Waals surface area contributed by atoms with Crippen molar-refractivity contribution < 1.29 is 0 Å². The maximum atomic E-state index is 3.53. The molecule has 2 atom stereocenters. The molecular weight excluding hydrogens is 242 g/mol. The van der Waals surface area contributed by atoms with E-state index in [2.05, 4.69) is 72.1 Å². The van der Waals surface area contributed by atoms with Gasteiger partial charge in [-0.15, -0.1) is 0 Å². The van der Waals surface area contributed by atoms with E-state index in [0.717, 1.165) is 5.92 Å². The minimum absolute atomic E-state index is 0.476. The molecule has 0 aromatic heterocycles. The maximum absolute atomic E-state index is 3.53. The highest BCUT2D eigenvalue weighted by atomic mass is 14.9. The average molecular weight is 275 g/mol. The Labute approximate surface area is 126 Å². The fourth-order valence-corrected chi connectivity index (χ4v) is 2.74. The van der Waals surface area contributed by atoms with Crippen LogP contribution in [0.4, 0.5) is 0 Å². The Morgan fingerprint density at radius 3 is 2.05 bits per heavy atom. The Kier molecular flexibility index (Phi) is 6.75. The van der Waals surface area contributed by atoms with Gasteiger partial charge in [0.25, 0.3) is 0 Å². The molecule has 1 rings (SSSR count). The van der Waals surface area contributed by atoms with Crippen LogP contribution in [-0.4, -0.2) is 7.05 Å². The molecule has 1 N–H and O–H groups in total. The van der Waals surface area contributed by atoms with Gasteiger partial charge in [0, 0.05) is 6.04 Å². The van der Waals surface area contributed by atoms with Gasteiger partial charge in [-0.05, 0) is 47.9 Å². The molecule has 2 unspecified atom stereocenters. The van der Waals surface area contributed by atoms with E-state index < -0.39 is 0 Å². The highest BCUT2D eigenvalue weighted by molar-refractivity contribution is 5.37. The van der Waals surface area contributed by atoms with E-state index in [1.54, 1.807) is 0 Å². The summed E-state index contributed by atoms with van der Waals surface area (Å²) in [4.78, 5) is 0. The van der Waals surface area contributed by atoms with Crippen molar-refractivity contribution in [2.24, 2.45) is 5.92 Å². The molecule has 0 spiro atoms. The first-order chi connectivity index (χ1) is 9.40. The zero-order valence-corrected chi connectivity index (χ0v) is 14.5. The lowest BCUT2D eigenvalue weighted by Crippen LogP contribution is -2.21. The molecule has 0 saturated heterocycles. The van der Waals surface area contributed by atoms with Gasteiger partial charge in [0.15, 0.2) is 0 Å². The lowest BCUT2D eigenvalue weighted by Gasteiger charge is -2.25. The molecule has 114 valence electrons. The van der Waals surface area contributed by atoms with Crippen LogP contribution in [0.3, 0.4) is 0 Å². The smallest absolute Gasteiger partial charge is 0.0322 e. The molecule has 0 radical (unpaired) electrons. The molecule has 0 bridgehead atoms. The zero-order chi connectivity index (χ0) is 15.3. The van der Waals surface area contributed by atoms with E-state index in [4.69, 9.17) is 0 Å². The van der Waals surface area contributed by atoms with Crippen molar-refractivity contribution >= 4 is 0 Å². The minimum Gasteiger partial charge on any atom is -0.313 e. The summed E-state index contributed by atoms with van der Waals surface area (Å²) in [7, 11) is 2.09. The van der Waals surface area contributed by atoms with Crippen LogP contribution in [0.1, 0.15) is 89.0 Å². The van der Waals surface area contributed by atoms with Crippen LogP contribution >= 0.6 is 0 Å². The molecule has 1 aromatic rings. The van der Waals surface area contributed by atoms with Gasteiger partial charge in [-0.3, -0.25) is 0 Å². The molecule has 0 aliphatic rings. The zero-order valence-electron chi connectivity index (χ0n) is 14.5. The van der Waals surface area contributed by atoms with Crippen molar-refractivity contribution in [1.29, 1.82) is 0 Å². The largest absolute Gasteiger partial charge is 0.313 e. The van der Waals surface area contributed by atoms with Gasteiger partial charge in [-0.1, -0.05) is 66.2 Å². The van der Waals surface area contributed by atoms with E-state index in [-0.39, 0.29) is 0 Å². The molecule has 0 heterocycles. The fraction of sp³-hybridized carbons (Fsp3) is 0.684. The summed E-state index contributed by atoms with van der Waals surface area (Å²) < 4.78 is 0. The Morgan fingerprint density at radius 1 is 0.950 bits per heavy atom. The normalized spacial score (nSPS) is 14.8. The first-order valence-corrected chi connectivity index (χ1v) is 8.21. The average Bonchev–Trinajstić information content (AvgIpc) is 2.43. The van der Waals surface area contributed by atoms with E-state index in [1.165, 1.54) is 29.5 Å². The van der Waals surface area contributed by atoms with Crippen molar-refractivity contribution in [3.63, 3.8) is 0 Å². The predicted molar refractivity (Wildman–Crippen MR) is 90.5 cm³/mol. The van der Waals surface area contributed by atoms with Crippen molar-refractivity contribution in [2.45, 2.75) is 72.3 Å². The Morgan fingerprint density at radius 2 is 1.60 bits per heavy atom. The topological polar surface area (TPSA) is 12.0 Å². The van der Waals surface area contributed by atoms with Gasteiger partial charge in [-0.2, -0.15) is 0 Å². The number of hydrogen-bond acceptors (Lipinski definition) is 1. The van der Waals surface area contributed by atoms with Gasteiger partial charge >= 0.3 is 0 Å². The van der Waals surface area contributed by atoms with Gasteiger partial charge in [0.1, 0.15) is 0 Å². The summed E-state index contributed by atoms with van der Waals surface area (Å²) in [6.07, 6.45) is 2.47. The van der Waals surface area contributed by atoms with Gasteiger partial charge < -0.3 is 5.32 Å². The number of nitrogens with one attached hydrogen (secondary N) is 1. The molecule has 0 aliphatic heterocycles. The quantitative estimate of drug-likeness (QED) is 0.680. The second kappa shape index (κ2) is 7.83. The Hall–Kier alpha value is -0.820. The molecule has 1 nitrogen and oxygen atoms in total. The highest BCUT2D eigenvalue weighted by Gasteiger charge is 2.18. The van der Waals surface area contributed by atoms with Gasteiger partial charge in [-0.25, -0.2) is 0 Å². The first kappa shape index (κ1) is 17.2. The lowest BCUT2D eigenvalue weighted by molar-refractivity contribution is 0.419. The summed E-state index contributed by atoms with van der Waals surface area (Å²) in [5, 5.41) is 3.53. The van der Waals surface area contributed by atoms with Gasteiger partial charge in [0.05, 0.1) is 0 Å². The SMILES string of the molecule is CCC(C)CC(NC)c1ccc(C(C)C)cc1C(C)C. The number of benzene rings is 1. The highest BCUT2D eigenvalue weighted by Crippen LogP contribution is 2.32. The summed E-state index contributed by atoms with van der Waals surface area (Å²) in [6, 6.07) is 7.57. The van der Waals surface area contributed by atoms with Crippen LogP contribution < -0.4 is 5.32 Å². The molecule has 1 aromatic carbocycles. The standard InChI is InChI=1S/C19H33N/c1-8-15(6)11-19(20-7)17-10-9-16(13(2)3)12-18(17)14(4)5/h9-10,12-15,19-20H,8,11H2,1-7H3. The molecular formula is C19H33N. The monoisotopic (exact) mass is 275 g/mol. The van der Waals surface area contributed by atoms with Crippen LogP contribution in [0.25, 0.3) is 0 Å². The third kappa shape index (κ3) is 4.34. The molecule has 20 heavy (non-hydrogen) atoms. The van der Waals surface area contributed by atoms with E-state index >= 15 is 0 Å². The summed E-state index contributed by atoms with van der Waals surface area (Å²) in [6.45, 7) is 13.8. The van der Waals surface area contributed by atoms with Crippen molar-refractivity contribution in [1.82, 2.24) is 5.32 Å². The van der Waals surface area contributed by atoms with Crippen LogP contribution in [-0.2, 0) is 0 Å². The summed E-state index contributed by atoms with van der Waals surface area (Å²) >= 11 is 0. The van der Waals surface area contributed by atoms with E-state index in [1.807, 2.05) is 0 Å². The predicted octanol–water partition coefficient (Wildman–Crippen LogP) is 5.63. The van der Waals surface area contributed by atoms with Crippen molar-refractivity contribution in [3.8, 4) is 0 Å². The summed E-state index contributed by atoms with van der Waals surface area (Å²) in [5.74, 6) is 1.94. The molecule has 1 heteroatoms. The Bertz CT molecular complexity index is 406. The number of rotatable bonds is 7. The second-order valence-corrected chi connectivity index (χ2v) is 6.79. The molecule has 0 fully saturated rings. The number of hydrogen-bond donors (Lipinski definition) is 1. The second-order valence-electron chi connectivity index (χ2n) is 6.79. The van der Waals surface area contributed by atoms with Crippen LogP contribution in [0, 0.1) is 5.92 Å². The van der Waals surface area contributed by atoms with Crippen LogP contribution in [0.2, 0.25) is 0 Å². The maximum Gasteiger partial charge on any atom is 0.0322 e. The van der Waals surface area contributed by atoms with E-state index in [9.17, 15) is 0 Å². The molecule has 0 aliphatic carbocycles. The first-order valence-electron chi connectivity index (χ1n) is 8.21. The molecule has 0 amide bonds. The van der Waals surface area contributed by atoms with Crippen molar-refractivity contribution in [2.75, 3.05) is 7.05 Å². The lowest BCUT2D eigenvalue weighted by atomic mass is 9.85. The minimum atomic E-state index is 0.476.